The van der Waals surface area contributed by atoms with E-state index in [0.29, 0.717) is 0 Å². The molecule has 74 valence electrons. The van der Waals surface area contributed by atoms with Gasteiger partial charge >= 0.3 is 6.03 Å². The zero-order chi connectivity index (χ0) is 9.97. The van der Waals surface area contributed by atoms with Gasteiger partial charge in [0.1, 0.15) is 0 Å². The standard InChI is InChI=1S/C10H12N2O2/c13-10(12-14)11-9-5-7-3-1-2-4-8(7)6-9/h1-4,9,14H,5-6H2,(H2,11,12,13). The molecule has 3 N–H and O–H groups in total. The Labute approximate surface area is 81.9 Å². The maximum atomic E-state index is 10.8. The minimum atomic E-state index is -0.539. The number of hydroxylamine groups is 1. The van der Waals surface area contributed by atoms with Crippen LogP contribution in [0.25, 0.3) is 0 Å². The van der Waals surface area contributed by atoms with Crippen molar-refractivity contribution in [2.24, 2.45) is 0 Å². The Morgan fingerprint density at radius 3 is 2.36 bits per heavy atom. The first-order valence-corrected chi connectivity index (χ1v) is 4.57. The normalized spacial score (nSPS) is 14.9. The summed E-state index contributed by atoms with van der Waals surface area (Å²) in [7, 11) is 0. The molecular weight excluding hydrogens is 180 g/mol. The molecule has 1 aromatic rings. The van der Waals surface area contributed by atoms with Crippen molar-refractivity contribution >= 4 is 6.03 Å². The van der Waals surface area contributed by atoms with Gasteiger partial charge in [-0.25, -0.2) is 10.3 Å². The third-order valence-electron chi connectivity index (χ3n) is 2.49. The number of hydrogen-bond donors (Lipinski definition) is 3. The third-order valence-corrected chi connectivity index (χ3v) is 2.49. The molecule has 2 rings (SSSR count). The molecule has 4 heteroatoms. The highest BCUT2D eigenvalue weighted by Gasteiger charge is 2.21. The van der Waals surface area contributed by atoms with Crippen LogP contribution in [0.15, 0.2) is 24.3 Å². The average Bonchev–Trinajstić information content (AvgIpc) is 2.59. The molecule has 14 heavy (non-hydrogen) atoms. The van der Waals surface area contributed by atoms with Gasteiger partial charge in [-0.3, -0.25) is 5.21 Å². The second-order valence-electron chi connectivity index (χ2n) is 3.46. The van der Waals surface area contributed by atoms with Crippen molar-refractivity contribution in [1.82, 2.24) is 10.8 Å². The van der Waals surface area contributed by atoms with Crippen molar-refractivity contribution in [1.29, 1.82) is 0 Å². The van der Waals surface area contributed by atoms with E-state index >= 15 is 0 Å². The number of rotatable bonds is 1. The van der Waals surface area contributed by atoms with Crippen LogP contribution in [0.1, 0.15) is 11.1 Å². The lowest BCUT2D eigenvalue weighted by Crippen LogP contribution is -2.41. The Hall–Kier alpha value is -1.55. The van der Waals surface area contributed by atoms with E-state index in [1.54, 1.807) is 5.48 Å². The summed E-state index contributed by atoms with van der Waals surface area (Å²) in [5.74, 6) is 0. The van der Waals surface area contributed by atoms with E-state index in [2.05, 4.69) is 17.4 Å². The number of nitrogens with one attached hydrogen (secondary N) is 2. The number of benzene rings is 1. The van der Waals surface area contributed by atoms with Gasteiger partial charge in [-0.05, 0) is 24.0 Å². The molecule has 2 amide bonds. The smallest absolute Gasteiger partial charge is 0.333 e. The third kappa shape index (κ3) is 1.70. The highest BCUT2D eigenvalue weighted by Crippen LogP contribution is 2.21. The number of amides is 2. The molecule has 4 nitrogen and oxygen atoms in total. The van der Waals surface area contributed by atoms with Crippen LogP contribution in [-0.4, -0.2) is 17.3 Å². The number of urea groups is 1. The summed E-state index contributed by atoms with van der Waals surface area (Å²) in [6, 6.07) is 7.67. The molecule has 1 aliphatic rings. The van der Waals surface area contributed by atoms with Crippen molar-refractivity contribution < 1.29 is 10.0 Å². The monoisotopic (exact) mass is 192 g/mol. The van der Waals surface area contributed by atoms with Gasteiger partial charge in [0, 0.05) is 6.04 Å². The fraction of sp³-hybridized carbons (Fsp3) is 0.300. The summed E-state index contributed by atoms with van der Waals surface area (Å²) in [4.78, 5) is 10.8. The van der Waals surface area contributed by atoms with Crippen molar-refractivity contribution in [3.63, 3.8) is 0 Å². The van der Waals surface area contributed by atoms with E-state index in [1.165, 1.54) is 11.1 Å². The summed E-state index contributed by atoms with van der Waals surface area (Å²) < 4.78 is 0. The Balaban J connectivity index is 2.01. The number of fused-ring (bicyclic) bond motifs is 1. The Bertz CT molecular complexity index is 327. The molecule has 0 heterocycles. The van der Waals surface area contributed by atoms with Crippen LogP contribution in [0, 0.1) is 0 Å². The average molecular weight is 192 g/mol. The fourth-order valence-corrected chi connectivity index (χ4v) is 1.88. The lowest BCUT2D eigenvalue weighted by molar-refractivity contribution is 0.159. The Morgan fingerprint density at radius 1 is 1.29 bits per heavy atom. The van der Waals surface area contributed by atoms with E-state index in [-0.39, 0.29) is 6.04 Å². The SMILES string of the molecule is O=C(NO)NC1Cc2ccccc2C1. The lowest BCUT2D eigenvalue weighted by atomic mass is 10.1. The summed E-state index contributed by atoms with van der Waals surface area (Å²) >= 11 is 0. The second-order valence-corrected chi connectivity index (χ2v) is 3.46. The lowest BCUT2D eigenvalue weighted by Gasteiger charge is -2.09. The molecule has 0 fully saturated rings. The maximum absolute atomic E-state index is 10.8. The first-order chi connectivity index (χ1) is 6.79. The zero-order valence-corrected chi connectivity index (χ0v) is 7.66. The predicted octanol–water partition coefficient (Wildman–Crippen LogP) is 0.842. The van der Waals surface area contributed by atoms with Crippen molar-refractivity contribution in [3.05, 3.63) is 35.4 Å². The van der Waals surface area contributed by atoms with Crippen LogP contribution in [0.5, 0.6) is 0 Å². The number of carbonyl (C=O) groups is 1. The predicted molar refractivity (Wildman–Crippen MR) is 51.1 cm³/mol. The summed E-state index contributed by atoms with van der Waals surface area (Å²) in [5.41, 5.74) is 4.12. The fourth-order valence-electron chi connectivity index (χ4n) is 1.88. The van der Waals surface area contributed by atoms with Gasteiger partial charge in [-0.1, -0.05) is 24.3 Å². The summed E-state index contributed by atoms with van der Waals surface area (Å²) in [6.45, 7) is 0. The van der Waals surface area contributed by atoms with Crippen LogP contribution < -0.4 is 10.8 Å². The van der Waals surface area contributed by atoms with Gasteiger partial charge in [0.2, 0.25) is 0 Å². The van der Waals surface area contributed by atoms with Gasteiger partial charge in [0.25, 0.3) is 0 Å². The quantitative estimate of drug-likeness (QED) is 0.456. The van der Waals surface area contributed by atoms with Crippen LogP contribution in [0.3, 0.4) is 0 Å². The van der Waals surface area contributed by atoms with E-state index in [0.717, 1.165) is 12.8 Å². The van der Waals surface area contributed by atoms with E-state index in [1.807, 2.05) is 12.1 Å². The number of carbonyl (C=O) groups excluding carboxylic acids is 1. The first kappa shape index (κ1) is 9.02. The molecule has 0 atom stereocenters. The van der Waals surface area contributed by atoms with E-state index in [4.69, 9.17) is 5.21 Å². The van der Waals surface area contributed by atoms with E-state index < -0.39 is 6.03 Å². The molecule has 0 aromatic heterocycles. The van der Waals surface area contributed by atoms with Gasteiger partial charge in [-0.2, -0.15) is 0 Å². The molecule has 0 spiro atoms. The minimum Gasteiger partial charge on any atom is -0.333 e. The molecule has 0 aliphatic heterocycles. The molecule has 0 bridgehead atoms. The molecule has 0 saturated heterocycles. The summed E-state index contributed by atoms with van der Waals surface area (Å²) in [5, 5.41) is 11.0. The molecular formula is C10H12N2O2. The maximum Gasteiger partial charge on any atom is 0.338 e. The largest absolute Gasteiger partial charge is 0.338 e. The van der Waals surface area contributed by atoms with Crippen molar-refractivity contribution in [2.45, 2.75) is 18.9 Å². The first-order valence-electron chi connectivity index (χ1n) is 4.57. The van der Waals surface area contributed by atoms with E-state index in [9.17, 15) is 4.79 Å². The highest BCUT2D eigenvalue weighted by molar-refractivity contribution is 5.73. The van der Waals surface area contributed by atoms with Gasteiger partial charge in [-0.15, -0.1) is 0 Å². The second kappa shape index (κ2) is 3.67. The topological polar surface area (TPSA) is 61.4 Å². The van der Waals surface area contributed by atoms with Gasteiger partial charge in [0.15, 0.2) is 0 Å². The number of hydrogen-bond acceptors (Lipinski definition) is 2. The van der Waals surface area contributed by atoms with Crippen molar-refractivity contribution in [2.75, 3.05) is 0 Å². The molecule has 1 aliphatic carbocycles. The van der Waals surface area contributed by atoms with Crippen molar-refractivity contribution in [3.8, 4) is 0 Å². The Kier molecular flexibility index (Phi) is 2.37. The van der Waals surface area contributed by atoms with Gasteiger partial charge in [0.05, 0.1) is 0 Å². The molecule has 1 aromatic carbocycles. The molecule has 0 saturated carbocycles. The minimum absolute atomic E-state index is 0.0968. The Morgan fingerprint density at radius 2 is 1.86 bits per heavy atom. The van der Waals surface area contributed by atoms with Crippen LogP contribution in [0.2, 0.25) is 0 Å². The molecule has 0 unspecified atom stereocenters. The van der Waals surface area contributed by atoms with Crippen LogP contribution >= 0.6 is 0 Å². The zero-order valence-electron chi connectivity index (χ0n) is 7.66. The van der Waals surface area contributed by atoms with Crippen LogP contribution in [-0.2, 0) is 12.8 Å². The van der Waals surface area contributed by atoms with Gasteiger partial charge < -0.3 is 5.32 Å². The molecule has 0 radical (unpaired) electrons. The van der Waals surface area contributed by atoms with Crippen LogP contribution in [0.4, 0.5) is 4.79 Å². The highest BCUT2D eigenvalue weighted by atomic mass is 16.5. The summed E-state index contributed by atoms with van der Waals surface area (Å²) in [6.07, 6.45) is 1.67.